The molecule has 3 aromatic carbocycles. The van der Waals surface area contributed by atoms with Crippen LogP contribution in [0.1, 0.15) is 55.2 Å². The molecular weight excluding hydrogens is 376 g/mol. The average Bonchev–Trinajstić information content (AvgIpc) is 2.75. The fourth-order valence-corrected chi connectivity index (χ4v) is 8.75. The third kappa shape index (κ3) is 6.10. The number of hydrogen-bond donors (Lipinski definition) is 0. The van der Waals surface area contributed by atoms with Gasteiger partial charge in [-0.05, 0) is 0 Å². The Morgan fingerprint density at radius 3 is 0.964 bits per heavy atom. The third-order valence-electron chi connectivity index (χ3n) is 5.56. The minimum atomic E-state index is -0.754. The van der Waals surface area contributed by atoms with Crippen molar-refractivity contribution in [3.05, 3.63) is 108 Å². The molecule has 0 radical (unpaired) electrons. The maximum absolute atomic E-state index is 2.42. The first-order valence-electron chi connectivity index (χ1n) is 10.4. The molecule has 0 spiro atoms. The molecule has 3 rings (SSSR count). The maximum atomic E-state index is 2.42. The summed E-state index contributed by atoms with van der Waals surface area (Å²) in [4.78, 5) is 0. The number of rotatable bonds is 9. The quantitative estimate of drug-likeness (QED) is 0.333. The molecule has 0 N–H and O–H groups in total. The Kier molecular flexibility index (Phi) is 7.96. The van der Waals surface area contributed by atoms with Crippen LogP contribution in [-0.4, -0.2) is 0 Å². The zero-order valence-corrected chi connectivity index (χ0v) is 18.7. The van der Waals surface area contributed by atoms with Crippen LogP contribution >= 0.6 is 0 Å². The van der Waals surface area contributed by atoms with E-state index in [1.807, 2.05) is 0 Å². The molecule has 3 aromatic rings. The molecule has 0 bridgehead atoms. The van der Waals surface area contributed by atoms with Crippen molar-refractivity contribution in [1.82, 2.24) is 0 Å². The molecule has 0 heterocycles. The Bertz CT molecular complexity index is 685. The molecule has 0 saturated carbocycles. The van der Waals surface area contributed by atoms with Gasteiger partial charge in [-0.15, -0.1) is 0 Å². The first kappa shape index (κ1) is 20.9. The van der Waals surface area contributed by atoms with E-state index in [0.717, 1.165) is 0 Å². The van der Waals surface area contributed by atoms with Crippen molar-refractivity contribution in [3.8, 4) is 0 Å². The summed E-state index contributed by atoms with van der Waals surface area (Å²) in [6.45, 7) is 7.27. The van der Waals surface area contributed by atoms with Gasteiger partial charge in [0.2, 0.25) is 0 Å². The van der Waals surface area contributed by atoms with E-state index in [0.29, 0.717) is 17.8 Å². The van der Waals surface area contributed by atoms with Crippen LogP contribution in [0, 0.1) is 0 Å². The van der Waals surface area contributed by atoms with Crippen LogP contribution in [0.4, 0.5) is 0 Å². The fourth-order valence-electron chi connectivity index (χ4n) is 3.90. The van der Waals surface area contributed by atoms with E-state index in [1.165, 1.54) is 32.5 Å². The summed E-state index contributed by atoms with van der Waals surface area (Å²) in [6.07, 6.45) is 0. The molecule has 0 aliphatic rings. The molecule has 0 aliphatic heterocycles. The van der Waals surface area contributed by atoms with Crippen LogP contribution in [0.15, 0.2) is 91.0 Å². The van der Waals surface area contributed by atoms with Gasteiger partial charge in [-0.3, -0.25) is 0 Å². The van der Waals surface area contributed by atoms with Crippen molar-refractivity contribution >= 4 is 0 Å². The topological polar surface area (TPSA) is 0 Å². The molecule has 147 valence electrons. The first-order valence-corrected chi connectivity index (χ1v) is 13.1. The second-order valence-corrected chi connectivity index (χ2v) is 11.5. The second kappa shape index (κ2) is 10.7. The monoisotopic (exact) mass is 409 g/mol. The molecule has 0 saturated heterocycles. The molecule has 0 amide bonds. The Balaban J connectivity index is 1.73. The SMILES string of the molecule is CC([CH2][Cr]([CH2]C(C)c1ccccc1)[CH2]C(C)c1ccccc1)c1ccccc1. The van der Waals surface area contributed by atoms with Gasteiger partial charge in [-0.2, -0.15) is 0 Å². The van der Waals surface area contributed by atoms with E-state index < -0.39 is 14.1 Å². The summed E-state index contributed by atoms with van der Waals surface area (Å²) in [6, 6.07) is 33.3. The molecule has 0 fully saturated rings. The van der Waals surface area contributed by atoms with Crippen molar-refractivity contribution in [2.45, 2.75) is 54.4 Å². The van der Waals surface area contributed by atoms with Gasteiger partial charge in [-0.1, -0.05) is 0 Å². The van der Waals surface area contributed by atoms with Crippen molar-refractivity contribution in [1.29, 1.82) is 0 Å². The summed E-state index contributed by atoms with van der Waals surface area (Å²) in [5, 5.41) is 4.12. The van der Waals surface area contributed by atoms with Gasteiger partial charge in [0.15, 0.2) is 0 Å². The Hall–Kier alpha value is -1.81. The van der Waals surface area contributed by atoms with Gasteiger partial charge < -0.3 is 0 Å². The molecule has 1 heteroatoms. The molecular formula is C27H33Cr. The van der Waals surface area contributed by atoms with Gasteiger partial charge in [0.1, 0.15) is 0 Å². The van der Waals surface area contributed by atoms with E-state index >= 15 is 0 Å². The van der Waals surface area contributed by atoms with Gasteiger partial charge in [0.25, 0.3) is 0 Å². The van der Waals surface area contributed by atoms with Gasteiger partial charge in [0.05, 0.1) is 0 Å². The van der Waals surface area contributed by atoms with Gasteiger partial charge in [0, 0.05) is 0 Å². The molecule has 0 nitrogen and oxygen atoms in total. The van der Waals surface area contributed by atoms with Crippen LogP contribution in [0.25, 0.3) is 0 Å². The zero-order chi connectivity index (χ0) is 19.8. The normalized spacial score (nSPS) is 14.6. The summed E-state index contributed by atoms with van der Waals surface area (Å²) in [5.74, 6) is 1.95. The molecule has 3 unspecified atom stereocenters. The molecule has 0 aliphatic carbocycles. The van der Waals surface area contributed by atoms with Crippen LogP contribution in [0.3, 0.4) is 0 Å². The zero-order valence-electron chi connectivity index (χ0n) is 17.4. The summed E-state index contributed by atoms with van der Waals surface area (Å²) in [7, 11) is 0. The van der Waals surface area contributed by atoms with Crippen LogP contribution in [0.2, 0.25) is 15.8 Å². The van der Waals surface area contributed by atoms with E-state index in [4.69, 9.17) is 0 Å². The Morgan fingerprint density at radius 2 is 0.714 bits per heavy atom. The molecule has 28 heavy (non-hydrogen) atoms. The summed E-state index contributed by atoms with van der Waals surface area (Å²) < 4.78 is 0. The predicted octanol–water partition coefficient (Wildman–Crippen LogP) is 8.27. The van der Waals surface area contributed by atoms with Crippen molar-refractivity contribution < 1.29 is 14.1 Å². The Morgan fingerprint density at radius 1 is 0.464 bits per heavy atom. The van der Waals surface area contributed by atoms with Crippen molar-refractivity contribution in [2.24, 2.45) is 0 Å². The van der Waals surface area contributed by atoms with Crippen LogP contribution in [-0.2, 0) is 14.1 Å². The number of hydrogen-bond acceptors (Lipinski definition) is 0. The standard InChI is InChI=1S/3C9H11.Cr/c3*1-8(2)9-6-4-3-5-7-9;/h3*3-8H,1H2,2H3;. The number of benzene rings is 3. The van der Waals surface area contributed by atoms with E-state index in [-0.39, 0.29) is 0 Å². The fraction of sp³-hybridized carbons (Fsp3) is 0.333. The molecule has 0 aromatic heterocycles. The predicted molar refractivity (Wildman–Crippen MR) is 119 cm³/mol. The van der Waals surface area contributed by atoms with E-state index in [2.05, 4.69) is 112 Å². The Labute approximate surface area is 176 Å². The van der Waals surface area contributed by atoms with E-state index in [1.54, 1.807) is 0 Å². The van der Waals surface area contributed by atoms with Crippen LogP contribution in [0.5, 0.6) is 0 Å². The van der Waals surface area contributed by atoms with Gasteiger partial charge >= 0.3 is 176 Å². The summed E-state index contributed by atoms with van der Waals surface area (Å²) >= 11 is -0.754. The first-order chi connectivity index (χ1) is 13.6. The average molecular weight is 410 g/mol. The van der Waals surface area contributed by atoms with Crippen LogP contribution < -0.4 is 0 Å². The molecule has 3 atom stereocenters. The van der Waals surface area contributed by atoms with Crippen molar-refractivity contribution in [2.75, 3.05) is 0 Å². The van der Waals surface area contributed by atoms with Crippen molar-refractivity contribution in [3.63, 3.8) is 0 Å². The van der Waals surface area contributed by atoms with Gasteiger partial charge in [-0.25, -0.2) is 0 Å². The third-order valence-corrected chi connectivity index (χ3v) is 10.1. The minimum absolute atomic E-state index is 0.650. The van der Waals surface area contributed by atoms with E-state index in [9.17, 15) is 0 Å². The second-order valence-electron chi connectivity index (χ2n) is 8.05. The summed E-state index contributed by atoms with van der Waals surface area (Å²) in [5.41, 5.74) is 4.49.